The highest BCUT2D eigenvalue weighted by Gasteiger charge is 2.33. The first-order chi connectivity index (χ1) is 15.7. The maximum atomic E-state index is 13.5. The van der Waals surface area contributed by atoms with Gasteiger partial charge in [-0.15, -0.1) is 0 Å². The van der Waals surface area contributed by atoms with Crippen LogP contribution in [0.25, 0.3) is 6.08 Å². The Hall–Kier alpha value is -3.60. The van der Waals surface area contributed by atoms with Gasteiger partial charge in [-0.05, 0) is 35.8 Å². The number of hydrogen-bond donors (Lipinski definition) is 0. The zero-order valence-corrected chi connectivity index (χ0v) is 18.4. The molecular weight excluding hydrogens is 398 g/mol. The highest BCUT2D eigenvalue weighted by atomic mass is 16.2. The Balaban J connectivity index is 1.53. The molecule has 1 aromatic heterocycles. The Kier molecular flexibility index (Phi) is 6.85. The molecule has 5 nitrogen and oxygen atoms in total. The van der Waals surface area contributed by atoms with Crippen molar-refractivity contribution in [2.45, 2.75) is 25.9 Å². The van der Waals surface area contributed by atoms with E-state index in [4.69, 9.17) is 0 Å². The Bertz CT molecular complexity index is 1070. The molecule has 0 saturated carbocycles. The van der Waals surface area contributed by atoms with Gasteiger partial charge in [0.15, 0.2) is 0 Å². The summed E-state index contributed by atoms with van der Waals surface area (Å²) in [6, 6.07) is 23.8. The lowest BCUT2D eigenvalue weighted by molar-refractivity contribution is -0.140. The van der Waals surface area contributed by atoms with Gasteiger partial charge in [-0.3, -0.25) is 9.59 Å². The Morgan fingerprint density at radius 3 is 2.41 bits per heavy atom. The van der Waals surface area contributed by atoms with Gasteiger partial charge in [-0.25, -0.2) is 0 Å². The molecule has 1 aliphatic heterocycles. The fourth-order valence-corrected chi connectivity index (χ4v) is 4.27. The molecule has 2 amide bonds. The van der Waals surface area contributed by atoms with Crippen LogP contribution in [-0.2, 0) is 16.1 Å². The van der Waals surface area contributed by atoms with Gasteiger partial charge in [0.1, 0.15) is 6.54 Å². The third kappa shape index (κ3) is 4.83. The second-order valence-electron chi connectivity index (χ2n) is 8.03. The van der Waals surface area contributed by atoms with Crippen LogP contribution in [0.1, 0.15) is 36.2 Å². The fraction of sp³-hybridized carbons (Fsp3) is 0.259. The van der Waals surface area contributed by atoms with E-state index in [1.54, 1.807) is 17.1 Å². The summed E-state index contributed by atoms with van der Waals surface area (Å²) in [5.74, 6) is -0.165. The average molecular weight is 428 g/mol. The van der Waals surface area contributed by atoms with Crippen LogP contribution in [0.3, 0.4) is 0 Å². The van der Waals surface area contributed by atoms with Crippen molar-refractivity contribution in [1.29, 1.82) is 0 Å². The molecule has 0 fully saturated rings. The van der Waals surface area contributed by atoms with E-state index >= 15 is 0 Å². The third-order valence-electron chi connectivity index (χ3n) is 5.82. The molecule has 164 valence electrons. The van der Waals surface area contributed by atoms with Crippen molar-refractivity contribution in [3.63, 3.8) is 0 Å². The number of hydrogen-bond acceptors (Lipinski definition) is 2. The highest BCUT2D eigenvalue weighted by Crippen LogP contribution is 2.32. The Labute approximate surface area is 189 Å². The zero-order valence-electron chi connectivity index (χ0n) is 18.4. The van der Waals surface area contributed by atoms with Crippen LogP contribution in [0.2, 0.25) is 0 Å². The van der Waals surface area contributed by atoms with Crippen molar-refractivity contribution in [3.8, 4) is 0 Å². The van der Waals surface area contributed by atoms with E-state index in [1.807, 2.05) is 66.4 Å². The van der Waals surface area contributed by atoms with Crippen molar-refractivity contribution in [1.82, 2.24) is 14.4 Å². The van der Waals surface area contributed by atoms with Gasteiger partial charge in [0.05, 0.1) is 6.04 Å². The third-order valence-corrected chi connectivity index (χ3v) is 5.82. The van der Waals surface area contributed by atoms with E-state index in [2.05, 4.69) is 29.0 Å². The molecule has 0 bridgehead atoms. The number of amides is 2. The van der Waals surface area contributed by atoms with E-state index in [1.165, 1.54) is 0 Å². The SMILES string of the molecule is CCCN(CC(=O)N1CCn2cccc2C1c1ccccc1)C(=O)/C=C/c1ccccc1. The van der Waals surface area contributed by atoms with E-state index in [0.29, 0.717) is 13.1 Å². The largest absolute Gasteiger partial charge is 0.348 e. The van der Waals surface area contributed by atoms with Crippen LogP contribution >= 0.6 is 0 Å². The molecule has 3 aromatic rings. The van der Waals surface area contributed by atoms with Gasteiger partial charge < -0.3 is 14.4 Å². The van der Waals surface area contributed by atoms with Gasteiger partial charge in [0.25, 0.3) is 0 Å². The molecule has 32 heavy (non-hydrogen) atoms. The summed E-state index contributed by atoms with van der Waals surface area (Å²) in [6.07, 6.45) is 6.22. The van der Waals surface area contributed by atoms with Crippen LogP contribution in [0.15, 0.2) is 85.1 Å². The second kappa shape index (κ2) is 10.1. The van der Waals surface area contributed by atoms with Gasteiger partial charge in [-0.1, -0.05) is 67.6 Å². The first-order valence-corrected chi connectivity index (χ1v) is 11.2. The van der Waals surface area contributed by atoms with Crippen molar-refractivity contribution in [3.05, 3.63) is 102 Å². The van der Waals surface area contributed by atoms with Gasteiger partial charge >= 0.3 is 0 Å². The predicted molar refractivity (Wildman–Crippen MR) is 127 cm³/mol. The molecule has 2 heterocycles. The summed E-state index contributed by atoms with van der Waals surface area (Å²) in [4.78, 5) is 29.9. The molecule has 0 N–H and O–H groups in total. The molecule has 5 heteroatoms. The molecule has 2 aromatic carbocycles. The monoisotopic (exact) mass is 427 g/mol. The van der Waals surface area contributed by atoms with Crippen molar-refractivity contribution >= 4 is 17.9 Å². The fourth-order valence-electron chi connectivity index (χ4n) is 4.27. The summed E-state index contributed by atoms with van der Waals surface area (Å²) in [5, 5.41) is 0. The molecule has 1 atom stereocenters. The van der Waals surface area contributed by atoms with E-state index < -0.39 is 0 Å². The number of fused-ring (bicyclic) bond motifs is 1. The van der Waals surface area contributed by atoms with Crippen molar-refractivity contribution < 1.29 is 9.59 Å². The lowest BCUT2D eigenvalue weighted by Crippen LogP contribution is -2.47. The maximum absolute atomic E-state index is 13.5. The average Bonchev–Trinajstić information content (AvgIpc) is 3.31. The minimum atomic E-state index is -0.147. The summed E-state index contributed by atoms with van der Waals surface area (Å²) in [7, 11) is 0. The summed E-state index contributed by atoms with van der Waals surface area (Å²) >= 11 is 0. The molecule has 0 spiro atoms. The van der Waals surface area contributed by atoms with Crippen LogP contribution in [-0.4, -0.2) is 45.8 Å². The Morgan fingerprint density at radius 1 is 0.969 bits per heavy atom. The molecule has 1 unspecified atom stereocenters. The molecule has 0 saturated heterocycles. The standard InChI is InChI=1S/C27H29N3O2/c1-2-17-29(25(31)16-15-22-10-5-3-6-11-22)21-26(32)30-20-19-28-18-9-14-24(28)27(30)23-12-7-4-8-13-23/h3-16,18,27H,2,17,19-21H2,1H3/b16-15+. The maximum Gasteiger partial charge on any atom is 0.247 e. The molecule has 0 radical (unpaired) electrons. The molecule has 1 aliphatic rings. The number of carbonyl (C=O) groups excluding carboxylic acids is 2. The predicted octanol–water partition coefficient (Wildman–Crippen LogP) is 4.37. The second-order valence-corrected chi connectivity index (χ2v) is 8.03. The molecule has 4 rings (SSSR count). The van der Waals surface area contributed by atoms with Crippen LogP contribution in [0.5, 0.6) is 0 Å². The van der Waals surface area contributed by atoms with E-state index in [0.717, 1.165) is 29.8 Å². The number of aromatic nitrogens is 1. The number of rotatable bonds is 7. The topological polar surface area (TPSA) is 45.6 Å². The number of benzene rings is 2. The smallest absolute Gasteiger partial charge is 0.247 e. The number of nitrogens with zero attached hydrogens (tertiary/aromatic N) is 3. The lowest BCUT2D eigenvalue weighted by Gasteiger charge is -2.38. The van der Waals surface area contributed by atoms with E-state index in [9.17, 15) is 9.59 Å². The molecular formula is C27H29N3O2. The van der Waals surface area contributed by atoms with Crippen LogP contribution in [0.4, 0.5) is 0 Å². The summed E-state index contributed by atoms with van der Waals surface area (Å²) in [5.41, 5.74) is 3.15. The first-order valence-electron chi connectivity index (χ1n) is 11.2. The van der Waals surface area contributed by atoms with Gasteiger partial charge in [0.2, 0.25) is 11.8 Å². The normalized spacial score (nSPS) is 15.5. The first kappa shape index (κ1) is 21.6. The minimum Gasteiger partial charge on any atom is -0.348 e. The summed E-state index contributed by atoms with van der Waals surface area (Å²) in [6.45, 7) is 4.02. The van der Waals surface area contributed by atoms with Gasteiger partial charge in [-0.2, -0.15) is 0 Å². The number of carbonyl (C=O) groups is 2. The summed E-state index contributed by atoms with van der Waals surface area (Å²) < 4.78 is 2.21. The highest BCUT2D eigenvalue weighted by molar-refractivity contribution is 5.94. The zero-order chi connectivity index (χ0) is 22.3. The quantitative estimate of drug-likeness (QED) is 0.526. The van der Waals surface area contributed by atoms with Crippen LogP contribution in [0, 0.1) is 0 Å². The van der Waals surface area contributed by atoms with Crippen molar-refractivity contribution in [2.75, 3.05) is 19.6 Å². The Morgan fingerprint density at radius 2 is 1.69 bits per heavy atom. The molecule has 0 aliphatic carbocycles. The van der Waals surface area contributed by atoms with Crippen LogP contribution < -0.4 is 0 Å². The minimum absolute atomic E-state index is 0.0267. The van der Waals surface area contributed by atoms with Gasteiger partial charge in [0, 0.05) is 37.6 Å². The van der Waals surface area contributed by atoms with E-state index in [-0.39, 0.29) is 24.4 Å². The van der Waals surface area contributed by atoms with Crippen molar-refractivity contribution in [2.24, 2.45) is 0 Å². The lowest BCUT2D eigenvalue weighted by atomic mass is 10.00.